The Labute approximate surface area is 109 Å². The molecule has 5 nitrogen and oxygen atoms in total. The molecule has 0 saturated heterocycles. The standard InChI is InChI=1S/C13H22N4O/c1-5-9-14-11-7-6-8-12(16-11)15-10(2)13(18)17(3)4/h6-8,10H,5,9H2,1-4H3,(H2,14,15,16). The molecule has 0 spiro atoms. The average Bonchev–Trinajstić information content (AvgIpc) is 2.35. The van der Waals surface area contributed by atoms with E-state index in [4.69, 9.17) is 0 Å². The predicted octanol–water partition coefficient (Wildman–Crippen LogP) is 1.79. The highest BCUT2D eigenvalue weighted by Gasteiger charge is 2.14. The van der Waals surface area contributed by atoms with E-state index in [0.29, 0.717) is 5.82 Å². The third-order valence-electron chi connectivity index (χ3n) is 2.48. The Hall–Kier alpha value is -1.78. The largest absolute Gasteiger partial charge is 0.370 e. The molecule has 5 heteroatoms. The third-order valence-corrected chi connectivity index (χ3v) is 2.48. The van der Waals surface area contributed by atoms with Gasteiger partial charge < -0.3 is 15.5 Å². The number of carbonyl (C=O) groups is 1. The number of nitrogens with one attached hydrogen (secondary N) is 2. The summed E-state index contributed by atoms with van der Waals surface area (Å²) in [5.74, 6) is 1.56. The number of carbonyl (C=O) groups excluding carboxylic acids is 1. The van der Waals surface area contributed by atoms with Crippen molar-refractivity contribution in [2.75, 3.05) is 31.3 Å². The molecule has 0 radical (unpaired) electrons. The number of anilines is 2. The lowest BCUT2D eigenvalue weighted by Gasteiger charge is -2.18. The van der Waals surface area contributed by atoms with Crippen LogP contribution in [-0.4, -0.2) is 42.5 Å². The molecule has 1 aromatic rings. The second-order valence-electron chi connectivity index (χ2n) is 4.43. The lowest BCUT2D eigenvalue weighted by Crippen LogP contribution is -2.36. The van der Waals surface area contributed by atoms with E-state index < -0.39 is 0 Å². The molecule has 1 amide bonds. The van der Waals surface area contributed by atoms with E-state index in [1.54, 1.807) is 19.0 Å². The molecule has 1 rings (SSSR count). The van der Waals surface area contributed by atoms with Crippen LogP contribution in [0, 0.1) is 0 Å². The summed E-state index contributed by atoms with van der Waals surface area (Å²) in [4.78, 5) is 17.7. The number of rotatable bonds is 6. The van der Waals surface area contributed by atoms with Crippen molar-refractivity contribution in [1.82, 2.24) is 9.88 Å². The van der Waals surface area contributed by atoms with Crippen LogP contribution in [0.25, 0.3) is 0 Å². The highest BCUT2D eigenvalue weighted by molar-refractivity contribution is 5.83. The van der Waals surface area contributed by atoms with E-state index in [9.17, 15) is 4.79 Å². The van der Waals surface area contributed by atoms with E-state index in [1.165, 1.54) is 0 Å². The van der Waals surface area contributed by atoms with Gasteiger partial charge in [-0.3, -0.25) is 4.79 Å². The van der Waals surface area contributed by atoms with E-state index in [-0.39, 0.29) is 11.9 Å². The van der Waals surface area contributed by atoms with Crippen LogP contribution in [0.15, 0.2) is 18.2 Å². The number of amides is 1. The fraction of sp³-hybridized carbons (Fsp3) is 0.538. The van der Waals surface area contributed by atoms with Gasteiger partial charge in [0.05, 0.1) is 0 Å². The minimum absolute atomic E-state index is 0.0312. The van der Waals surface area contributed by atoms with Crippen molar-refractivity contribution in [2.45, 2.75) is 26.3 Å². The van der Waals surface area contributed by atoms with E-state index >= 15 is 0 Å². The highest BCUT2D eigenvalue weighted by atomic mass is 16.2. The normalized spacial score (nSPS) is 11.8. The molecule has 0 aliphatic heterocycles. The van der Waals surface area contributed by atoms with Crippen molar-refractivity contribution in [2.24, 2.45) is 0 Å². The quantitative estimate of drug-likeness (QED) is 0.808. The van der Waals surface area contributed by atoms with Gasteiger partial charge in [-0.05, 0) is 25.5 Å². The minimum atomic E-state index is -0.283. The van der Waals surface area contributed by atoms with Crippen LogP contribution >= 0.6 is 0 Å². The van der Waals surface area contributed by atoms with Crippen LogP contribution in [0.3, 0.4) is 0 Å². The molecule has 1 heterocycles. The fourth-order valence-corrected chi connectivity index (χ4v) is 1.54. The first-order valence-electron chi connectivity index (χ1n) is 6.23. The Morgan fingerprint density at radius 1 is 1.39 bits per heavy atom. The number of pyridine rings is 1. The summed E-state index contributed by atoms with van der Waals surface area (Å²) in [7, 11) is 3.49. The van der Waals surface area contributed by atoms with Crippen molar-refractivity contribution >= 4 is 17.5 Å². The highest BCUT2D eigenvalue weighted by Crippen LogP contribution is 2.10. The zero-order valence-corrected chi connectivity index (χ0v) is 11.5. The first-order valence-corrected chi connectivity index (χ1v) is 6.23. The molecule has 1 aromatic heterocycles. The van der Waals surface area contributed by atoms with Crippen LogP contribution in [0.2, 0.25) is 0 Å². The molecule has 0 fully saturated rings. The second-order valence-corrected chi connectivity index (χ2v) is 4.43. The lowest BCUT2D eigenvalue weighted by molar-refractivity contribution is -0.129. The minimum Gasteiger partial charge on any atom is -0.370 e. The van der Waals surface area contributed by atoms with Gasteiger partial charge in [-0.15, -0.1) is 0 Å². The van der Waals surface area contributed by atoms with Gasteiger partial charge in [0.25, 0.3) is 0 Å². The maximum absolute atomic E-state index is 11.7. The average molecular weight is 250 g/mol. The summed E-state index contributed by atoms with van der Waals surface area (Å²) in [6.45, 7) is 4.83. The molecule has 1 unspecified atom stereocenters. The summed E-state index contributed by atoms with van der Waals surface area (Å²) in [6.07, 6.45) is 1.05. The molecule has 0 saturated carbocycles. The van der Waals surface area contributed by atoms with Crippen LogP contribution in [-0.2, 0) is 4.79 Å². The second kappa shape index (κ2) is 6.83. The van der Waals surface area contributed by atoms with Crippen molar-refractivity contribution in [3.05, 3.63) is 18.2 Å². The Morgan fingerprint density at radius 2 is 2.06 bits per heavy atom. The van der Waals surface area contributed by atoms with E-state index in [2.05, 4.69) is 22.5 Å². The molecule has 0 aromatic carbocycles. The molecule has 0 bridgehead atoms. The Balaban J connectivity index is 2.64. The third kappa shape index (κ3) is 4.24. The lowest BCUT2D eigenvalue weighted by atomic mass is 10.3. The van der Waals surface area contributed by atoms with Crippen LogP contribution in [0.4, 0.5) is 11.6 Å². The monoisotopic (exact) mass is 250 g/mol. The SMILES string of the molecule is CCCNc1cccc(NC(C)C(=O)N(C)C)n1. The van der Waals surface area contributed by atoms with Crippen LogP contribution < -0.4 is 10.6 Å². The maximum Gasteiger partial charge on any atom is 0.244 e. The number of nitrogens with zero attached hydrogens (tertiary/aromatic N) is 2. The van der Waals surface area contributed by atoms with E-state index in [1.807, 2.05) is 25.1 Å². The summed E-state index contributed by atoms with van der Waals surface area (Å²) in [5, 5.41) is 6.31. The number of hydrogen-bond acceptors (Lipinski definition) is 4. The van der Waals surface area contributed by atoms with Gasteiger partial charge in [-0.2, -0.15) is 0 Å². The first-order chi connectivity index (χ1) is 8.54. The van der Waals surface area contributed by atoms with Gasteiger partial charge in [0.2, 0.25) is 5.91 Å². The zero-order chi connectivity index (χ0) is 13.5. The molecular weight excluding hydrogens is 228 g/mol. The summed E-state index contributed by atoms with van der Waals surface area (Å²) >= 11 is 0. The summed E-state index contributed by atoms with van der Waals surface area (Å²) < 4.78 is 0. The molecular formula is C13H22N4O. The molecule has 2 N–H and O–H groups in total. The van der Waals surface area contributed by atoms with Gasteiger partial charge in [-0.1, -0.05) is 13.0 Å². The van der Waals surface area contributed by atoms with Gasteiger partial charge in [0.15, 0.2) is 0 Å². The van der Waals surface area contributed by atoms with Gasteiger partial charge in [-0.25, -0.2) is 4.98 Å². The zero-order valence-electron chi connectivity index (χ0n) is 11.5. The topological polar surface area (TPSA) is 57.3 Å². The van der Waals surface area contributed by atoms with Crippen molar-refractivity contribution in [1.29, 1.82) is 0 Å². The molecule has 1 atom stereocenters. The number of hydrogen-bond donors (Lipinski definition) is 2. The molecule has 0 aliphatic rings. The smallest absolute Gasteiger partial charge is 0.244 e. The van der Waals surface area contributed by atoms with Crippen molar-refractivity contribution < 1.29 is 4.79 Å². The van der Waals surface area contributed by atoms with Crippen LogP contribution in [0.1, 0.15) is 20.3 Å². The molecule has 100 valence electrons. The predicted molar refractivity (Wildman–Crippen MR) is 74.8 cm³/mol. The van der Waals surface area contributed by atoms with Crippen LogP contribution in [0.5, 0.6) is 0 Å². The Bertz CT molecular complexity index is 392. The van der Waals surface area contributed by atoms with Gasteiger partial charge >= 0.3 is 0 Å². The summed E-state index contributed by atoms with van der Waals surface area (Å²) in [5.41, 5.74) is 0. The van der Waals surface area contributed by atoms with Crippen molar-refractivity contribution in [3.8, 4) is 0 Å². The number of aromatic nitrogens is 1. The maximum atomic E-state index is 11.7. The fourth-order valence-electron chi connectivity index (χ4n) is 1.54. The molecule has 0 aliphatic carbocycles. The van der Waals surface area contributed by atoms with Gasteiger partial charge in [0, 0.05) is 20.6 Å². The number of likely N-dealkylation sites (N-methyl/N-ethyl adjacent to an activating group) is 1. The van der Waals surface area contributed by atoms with Gasteiger partial charge in [0.1, 0.15) is 17.7 Å². The van der Waals surface area contributed by atoms with E-state index in [0.717, 1.165) is 18.8 Å². The first kappa shape index (κ1) is 14.3. The Morgan fingerprint density at radius 3 is 2.67 bits per heavy atom. The molecule has 18 heavy (non-hydrogen) atoms. The van der Waals surface area contributed by atoms with Crippen molar-refractivity contribution in [3.63, 3.8) is 0 Å². The Kier molecular flexibility index (Phi) is 5.42. The summed E-state index contributed by atoms with van der Waals surface area (Å²) in [6, 6.07) is 5.41.